The van der Waals surface area contributed by atoms with Crippen molar-refractivity contribution in [2.45, 2.75) is 32.8 Å². The van der Waals surface area contributed by atoms with Gasteiger partial charge in [0.15, 0.2) is 0 Å². The zero-order chi connectivity index (χ0) is 14.7. The third kappa shape index (κ3) is 2.57. The molecule has 1 unspecified atom stereocenters. The Morgan fingerprint density at radius 3 is 2.50 bits per heavy atom. The fourth-order valence-electron chi connectivity index (χ4n) is 2.10. The fourth-order valence-corrected chi connectivity index (χ4v) is 2.10. The van der Waals surface area contributed by atoms with Gasteiger partial charge in [-0.15, -0.1) is 0 Å². The lowest BCUT2D eigenvalue weighted by atomic mass is 10.1. The molecule has 0 saturated heterocycles. The Bertz CT molecular complexity index is 561. The molecule has 1 aromatic rings. The molecule has 2 rings (SSSR count). The summed E-state index contributed by atoms with van der Waals surface area (Å²) in [6.07, 6.45) is -0.534. The highest BCUT2D eigenvalue weighted by atomic mass is 16.6. The maximum Gasteiger partial charge on any atom is 0.306 e. The van der Waals surface area contributed by atoms with Crippen molar-refractivity contribution in [3.05, 3.63) is 29.3 Å². The first-order valence-electron chi connectivity index (χ1n) is 6.63. The normalized spacial score (nSPS) is 17.0. The Hall–Kier alpha value is -2.17. The second kappa shape index (κ2) is 5.86. The molecule has 5 nitrogen and oxygen atoms in total. The van der Waals surface area contributed by atoms with Gasteiger partial charge in [0.25, 0.3) is 0 Å². The Balaban J connectivity index is 2.23. The molecule has 106 valence electrons. The lowest BCUT2D eigenvalue weighted by Crippen LogP contribution is -2.28. The number of carbonyl (C=O) groups excluding carboxylic acids is 3. The summed E-state index contributed by atoms with van der Waals surface area (Å²) in [6.45, 7) is 4.12. The van der Waals surface area contributed by atoms with Gasteiger partial charge in [0.05, 0.1) is 6.61 Å². The van der Waals surface area contributed by atoms with Gasteiger partial charge >= 0.3 is 5.97 Å². The number of benzene rings is 1. The summed E-state index contributed by atoms with van der Waals surface area (Å²) >= 11 is 0. The number of hydrogen-bond acceptors (Lipinski definition) is 5. The van der Waals surface area contributed by atoms with Gasteiger partial charge < -0.3 is 9.47 Å². The van der Waals surface area contributed by atoms with Gasteiger partial charge in [0.1, 0.15) is 5.75 Å². The van der Waals surface area contributed by atoms with Crippen LogP contribution < -0.4 is 4.74 Å². The van der Waals surface area contributed by atoms with E-state index in [0.29, 0.717) is 18.8 Å². The van der Waals surface area contributed by atoms with E-state index in [4.69, 9.17) is 9.47 Å². The van der Waals surface area contributed by atoms with Gasteiger partial charge in [-0.2, -0.15) is 0 Å². The van der Waals surface area contributed by atoms with Crippen LogP contribution in [0.25, 0.3) is 0 Å². The molecule has 0 bridgehead atoms. The number of ketones is 2. The zero-order valence-corrected chi connectivity index (χ0v) is 11.5. The maximum absolute atomic E-state index is 12.1. The molecule has 1 aliphatic rings. The summed E-state index contributed by atoms with van der Waals surface area (Å²) in [6, 6.07) is 4.69. The molecule has 5 heteroatoms. The lowest BCUT2D eigenvalue weighted by molar-refractivity contribution is -0.145. The summed E-state index contributed by atoms with van der Waals surface area (Å²) in [5.41, 5.74) is 0.544. The summed E-state index contributed by atoms with van der Waals surface area (Å²) < 4.78 is 10.3. The van der Waals surface area contributed by atoms with Gasteiger partial charge in [-0.25, -0.2) is 0 Å². The summed E-state index contributed by atoms with van der Waals surface area (Å²) in [7, 11) is 0. The first kappa shape index (κ1) is 14.2. The molecular weight excluding hydrogens is 260 g/mol. The molecule has 0 aromatic heterocycles. The number of rotatable bonds is 5. The van der Waals surface area contributed by atoms with Gasteiger partial charge in [-0.05, 0) is 31.5 Å². The zero-order valence-electron chi connectivity index (χ0n) is 11.5. The molecule has 0 aliphatic heterocycles. The van der Waals surface area contributed by atoms with E-state index in [9.17, 15) is 14.4 Å². The number of ether oxygens (including phenoxy) is 2. The average Bonchev–Trinajstić information content (AvgIpc) is 2.65. The summed E-state index contributed by atoms with van der Waals surface area (Å²) in [5.74, 6) is -0.946. The predicted molar refractivity (Wildman–Crippen MR) is 71.1 cm³/mol. The molecule has 20 heavy (non-hydrogen) atoms. The van der Waals surface area contributed by atoms with E-state index < -0.39 is 23.6 Å². The quantitative estimate of drug-likeness (QED) is 0.609. The third-order valence-corrected chi connectivity index (χ3v) is 3.01. The van der Waals surface area contributed by atoms with Gasteiger partial charge in [-0.1, -0.05) is 6.92 Å². The Labute approximate surface area is 116 Å². The molecule has 1 atom stereocenters. The van der Waals surface area contributed by atoms with Crippen LogP contribution in [0.1, 0.15) is 47.4 Å². The van der Waals surface area contributed by atoms with E-state index >= 15 is 0 Å². The van der Waals surface area contributed by atoms with Crippen LogP contribution in [-0.2, 0) is 9.53 Å². The van der Waals surface area contributed by atoms with Crippen LogP contribution in [0.5, 0.6) is 5.75 Å². The second-order valence-corrected chi connectivity index (χ2v) is 4.49. The van der Waals surface area contributed by atoms with E-state index in [1.807, 2.05) is 13.8 Å². The topological polar surface area (TPSA) is 69.7 Å². The van der Waals surface area contributed by atoms with Crippen molar-refractivity contribution in [3.63, 3.8) is 0 Å². The monoisotopic (exact) mass is 276 g/mol. The van der Waals surface area contributed by atoms with Crippen LogP contribution in [0.2, 0.25) is 0 Å². The van der Waals surface area contributed by atoms with Gasteiger partial charge in [0, 0.05) is 17.5 Å². The average molecular weight is 276 g/mol. The fraction of sp³-hybridized carbons (Fsp3) is 0.400. The summed E-state index contributed by atoms with van der Waals surface area (Å²) in [4.78, 5) is 35.7. The minimum Gasteiger partial charge on any atom is -0.494 e. The van der Waals surface area contributed by atoms with E-state index in [1.54, 1.807) is 6.07 Å². The standard InChI is InChI=1S/C15H16O5/c1-3-5-12(16)20-15-13(17)10-7-6-9(19-4-2)8-11(10)14(15)18/h6-8,15H,3-5H2,1-2H3. The first-order chi connectivity index (χ1) is 9.58. The Kier molecular flexibility index (Phi) is 4.17. The number of Topliss-reactive ketones (excluding diaryl/α,β-unsaturated/α-hetero) is 2. The van der Waals surface area contributed by atoms with Crippen molar-refractivity contribution >= 4 is 17.5 Å². The molecular formula is C15H16O5. The van der Waals surface area contributed by atoms with Crippen LogP contribution in [0, 0.1) is 0 Å². The number of esters is 1. The highest BCUT2D eigenvalue weighted by Crippen LogP contribution is 2.28. The van der Waals surface area contributed by atoms with Crippen LogP contribution in [-0.4, -0.2) is 30.2 Å². The van der Waals surface area contributed by atoms with Crippen LogP contribution in [0.4, 0.5) is 0 Å². The number of fused-ring (bicyclic) bond motifs is 1. The second-order valence-electron chi connectivity index (χ2n) is 4.49. The van der Waals surface area contributed by atoms with Crippen molar-refractivity contribution in [3.8, 4) is 5.75 Å². The molecule has 0 amide bonds. The van der Waals surface area contributed by atoms with E-state index in [0.717, 1.165) is 0 Å². The van der Waals surface area contributed by atoms with E-state index in [2.05, 4.69) is 0 Å². The highest BCUT2D eigenvalue weighted by molar-refractivity contribution is 6.29. The smallest absolute Gasteiger partial charge is 0.306 e. The van der Waals surface area contributed by atoms with Gasteiger partial charge in [-0.3, -0.25) is 14.4 Å². The van der Waals surface area contributed by atoms with Crippen molar-refractivity contribution in [1.82, 2.24) is 0 Å². The van der Waals surface area contributed by atoms with Crippen molar-refractivity contribution < 1.29 is 23.9 Å². The summed E-state index contributed by atoms with van der Waals surface area (Å²) in [5, 5.41) is 0. The molecule has 0 saturated carbocycles. The Morgan fingerprint density at radius 2 is 1.85 bits per heavy atom. The SMILES string of the molecule is CCCC(=O)OC1C(=O)c2ccc(OCC)cc2C1=O. The molecule has 0 N–H and O–H groups in total. The van der Waals surface area contributed by atoms with E-state index in [-0.39, 0.29) is 17.5 Å². The van der Waals surface area contributed by atoms with Crippen molar-refractivity contribution in [1.29, 1.82) is 0 Å². The molecule has 1 aliphatic carbocycles. The third-order valence-electron chi connectivity index (χ3n) is 3.01. The largest absolute Gasteiger partial charge is 0.494 e. The molecule has 0 heterocycles. The first-order valence-corrected chi connectivity index (χ1v) is 6.63. The predicted octanol–water partition coefficient (Wildman–Crippen LogP) is 2.18. The lowest BCUT2D eigenvalue weighted by Gasteiger charge is -2.08. The van der Waals surface area contributed by atoms with Gasteiger partial charge in [0.2, 0.25) is 17.7 Å². The highest BCUT2D eigenvalue weighted by Gasteiger charge is 2.41. The molecule has 0 radical (unpaired) electrons. The Morgan fingerprint density at radius 1 is 1.15 bits per heavy atom. The van der Waals surface area contributed by atoms with Crippen LogP contribution in [0.15, 0.2) is 18.2 Å². The molecule has 0 spiro atoms. The minimum absolute atomic E-state index is 0.192. The maximum atomic E-state index is 12.1. The molecule has 0 fully saturated rings. The van der Waals surface area contributed by atoms with Crippen LogP contribution in [0.3, 0.4) is 0 Å². The van der Waals surface area contributed by atoms with Crippen molar-refractivity contribution in [2.24, 2.45) is 0 Å². The number of carbonyl (C=O) groups is 3. The van der Waals surface area contributed by atoms with Crippen molar-refractivity contribution in [2.75, 3.05) is 6.61 Å². The van der Waals surface area contributed by atoms with E-state index in [1.165, 1.54) is 12.1 Å². The minimum atomic E-state index is -1.33. The van der Waals surface area contributed by atoms with Crippen LogP contribution >= 0.6 is 0 Å². The number of hydrogen-bond donors (Lipinski definition) is 0. The molecule has 1 aromatic carbocycles.